The van der Waals surface area contributed by atoms with Crippen molar-refractivity contribution in [2.24, 2.45) is 0 Å². The van der Waals surface area contributed by atoms with Gasteiger partial charge in [0.25, 0.3) is 0 Å². The fourth-order valence-electron chi connectivity index (χ4n) is 3.72. The third kappa shape index (κ3) is 3.94. The van der Waals surface area contributed by atoms with Crippen LogP contribution in [0.1, 0.15) is 30.1 Å². The Labute approximate surface area is 157 Å². The Hall–Kier alpha value is -2.90. The van der Waals surface area contributed by atoms with Gasteiger partial charge in [0.05, 0.1) is 13.1 Å². The average Bonchev–Trinajstić information content (AvgIpc) is 3.32. The topological polar surface area (TPSA) is 80.6 Å². The third-order valence-electron chi connectivity index (χ3n) is 5.21. The lowest BCUT2D eigenvalue weighted by atomic mass is 9.95. The summed E-state index contributed by atoms with van der Waals surface area (Å²) in [6.07, 6.45) is 8.83. The molecule has 2 amide bonds. The summed E-state index contributed by atoms with van der Waals surface area (Å²) in [6, 6.07) is 3.99. The molecule has 142 valence electrons. The van der Waals surface area contributed by atoms with Gasteiger partial charge in [0.2, 0.25) is 5.91 Å². The molecule has 0 spiro atoms. The Morgan fingerprint density at radius 3 is 2.78 bits per heavy atom. The highest BCUT2D eigenvalue weighted by Gasteiger charge is 2.30. The maximum atomic E-state index is 12.4. The molecule has 2 aliphatic heterocycles. The van der Waals surface area contributed by atoms with Crippen LogP contribution < -0.4 is 0 Å². The standard InChI is InChI=1S/C19H23N5O3/c25-17(14-24-10-11-27-19(24)26)22-7-3-16(4-8-22)18-21-6-9-23(18)13-15-2-1-5-20-12-15/h1-2,5-6,9,12,16H,3-4,7-8,10-11,13-14H2. The van der Waals surface area contributed by atoms with Crippen molar-refractivity contribution in [3.63, 3.8) is 0 Å². The fourth-order valence-corrected chi connectivity index (χ4v) is 3.72. The van der Waals surface area contributed by atoms with Crippen LogP contribution in [0.2, 0.25) is 0 Å². The number of carbonyl (C=O) groups excluding carboxylic acids is 2. The molecule has 0 saturated carbocycles. The minimum absolute atomic E-state index is 0.00833. The number of hydrogen-bond donors (Lipinski definition) is 0. The van der Waals surface area contributed by atoms with Gasteiger partial charge in [-0.15, -0.1) is 0 Å². The highest BCUT2D eigenvalue weighted by atomic mass is 16.6. The molecule has 2 saturated heterocycles. The molecule has 27 heavy (non-hydrogen) atoms. The van der Waals surface area contributed by atoms with Gasteiger partial charge in [-0.1, -0.05) is 6.07 Å². The number of imidazole rings is 1. The van der Waals surface area contributed by atoms with E-state index in [1.54, 1.807) is 6.20 Å². The van der Waals surface area contributed by atoms with Crippen LogP contribution in [0.25, 0.3) is 0 Å². The summed E-state index contributed by atoms with van der Waals surface area (Å²) in [5, 5.41) is 0. The van der Waals surface area contributed by atoms with Crippen LogP contribution in [-0.2, 0) is 16.1 Å². The smallest absolute Gasteiger partial charge is 0.410 e. The molecule has 0 unspecified atom stereocenters. The lowest BCUT2D eigenvalue weighted by molar-refractivity contribution is -0.132. The highest BCUT2D eigenvalue weighted by Crippen LogP contribution is 2.27. The van der Waals surface area contributed by atoms with Crippen LogP contribution in [0, 0.1) is 0 Å². The van der Waals surface area contributed by atoms with Gasteiger partial charge in [0.1, 0.15) is 19.0 Å². The minimum atomic E-state index is -0.393. The molecule has 0 bridgehead atoms. The van der Waals surface area contributed by atoms with Gasteiger partial charge in [0.15, 0.2) is 0 Å². The Bertz CT molecular complexity index is 799. The van der Waals surface area contributed by atoms with Crippen molar-refractivity contribution in [2.45, 2.75) is 25.3 Å². The summed E-state index contributed by atoms with van der Waals surface area (Å²) in [4.78, 5) is 36.0. The Morgan fingerprint density at radius 1 is 1.22 bits per heavy atom. The Kier molecular flexibility index (Phi) is 5.04. The number of ether oxygens (including phenoxy) is 1. The number of piperidine rings is 1. The second kappa shape index (κ2) is 7.77. The molecule has 8 heteroatoms. The average molecular weight is 369 g/mol. The van der Waals surface area contributed by atoms with Crippen molar-refractivity contribution >= 4 is 12.0 Å². The summed E-state index contributed by atoms with van der Waals surface area (Å²) >= 11 is 0. The molecule has 2 aromatic rings. The maximum Gasteiger partial charge on any atom is 0.410 e. The zero-order valence-electron chi connectivity index (χ0n) is 15.2. The summed E-state index contributed by atoms with van der Waals surface area (Å²) < 4.78 is 7.05. The van der Waals surface area contributed by atoms with Crippen LogP contribution in [-0.4, -0.2) is 69.1 Å². The molecule has 2 fully saturated rings. The number of rotatable bonds is 5. The van der Waals surface area contributed by atoms with Gasteiger partial charge in [-0.3, -0.25) is 14.7 Å². The number of aromatic nitrogens is 3. The summed E-state index contributed by atoms with van der Waals surface area (Å²) in [7, 11) is 0. The zero-order valence-corrected chi connectivity index (χ0v) is 15.2. The van der Waals surface area contributed by atoms with E-state index in [9.17, 15) is 9.59 Å². The number of hydrogen-bond acceptors (Lipinski definition) is 5. The molecular weight excluding hydrogens is 346 g/mol. The number of nitrogens with zero attached hydrogens (tertiary/aromatic N) is 5. The van der Waals surface area contributed by atoms with Crippen LogP contribution in [0.15, 0.2) is 36.9 Å². The SMILES string of the molecule is O=C(CN1CCOC1=O)N1CCC(c2nccn2Cc2cccnc2)CC1. The van der Waals surface area contributed by atoms with Gasteiger partial charge in [-0.2, -0.15) is 0 Å². The van der Waals surface area contributed by atoms with Crippen molar-refractivity contribution in [3.05, 3.63) is 48.3 Å². The molecule has 0 aliphatic carbocycles. The first kappa shape index (κ1) is 17.5. The van der Waals surface area contributed by atoms with E-state index in [4.69, 9.17) is 4.74 Å². The van der Waals surface area contributed by atoms with E-state index in [1.165, 1.54) is 4.90 Å². The maximum absolute atomic E-state index is 12.4. The highest BCUT2D eigenvalue weighted by molar-refractivity contribution is 5.83. The van der Waals surface area contributed by atoms with Crippen molar-refractivity contribution in [2.75, 3.05) is 32.8 Å². The Morgan fingerprint density at radius 2 is 2.07 bits per heavy atom. The Balaban J connectivity index is 1.34. The predicted molar refractivity (Wildman–Crippen MR) is 97.0 cm³/mol. The second-order valence-corrected chi connectivity index (χ2v) is 6.97. The number of likely N-dealkylation sites (tertiary alicyclic amines) is 1. The van der Waals surface area contributed by atoms with Crippen molar-refractivity contribution in [1.29, 1.82) is 0 Å². The van der Waals surface area contributed by atoms with Gasteiger partial charge in [-0.25, -0.2) is 9.78 Å². The van der Waals surface area contributed by atoms with E-state index < -0.39 is 6.09 Å². The second-order valence-electron chi connectivity index (χ2n) is 6.97. The van der Waals surface area contributed by atoms with Crippen molar-refractivity contribution < 1.29 is 14.3 Å². The lowest BCUT2D eigenvalue weighted by Crippen LogP contribution is -2.44. The van der Waals surface area contributed by atoms with E-state index in [1.807, 2.05) is 29.6 Å². The third-order valence-corrected chi connectivity index (χ3v) is 5.21. The summed E-state index contributed by atoms with van der Waals surface area (Å²) in [6.45, 7) is 3.09. The first-order chi connectivity index (χ1) is 13.2. The quantitative estimate of drug-likeness (QED) is 0.798. The number of carbonyl (C=O) groups is 2. The van der Waals surface area contributed by atoms with Crippen LogP contribution in [0.5, 0.6) is 0 Å². The molecular formula is C19H23N5O3. The largest absolute Gasteiger partial charge is 0.448 e. The minimum Gasteiger partial charge on any atom is -0.448 e. The summed E-state index contributed by atoms with van der Waals surface area (Å²) in [5.41, 5.74) is 1.14. The predicted octanol–water partition coefficient (Wildman–Crippen LogP) is 1.48. The number of pyridine rings is 1. The van der Waals surface area contributed by atoms with E-state index >= 15 is 0 Å². The first-order valence-corrected chi connectivity index (χ1v) is 9.30. The molecule has 0 atom stereocenters. The number of cyclic esters (lactones) is 1. The molecule has 4 heterocycles. The molecule has 8 nitrogen and oxygen atoms in total. The van der Waals surface area contributed by atoms with E-state index in [-0.39, 0.29) is 12.5 Å². The van der Waals surface area contributed by atoms with Gasteiger partial charge < -0.3 is 14.2 Å². The van der Waals surface area contributed by atoms with Gasteiger partial charge in [0, 0.05) is 43.8 Å². The molecule has 4 rings (SSSR count). The van der Waals surface area contributed by atoms with Crippen LogP contribution in [0.4, 0.5) is 4.79 Å². The number of amides is 2. The van der Waals surface area contributed by atoms with E-state index in [0.717, 1.165) is 30.8 Å². The first-order valence-electron chi connectivity index (χ1n) is 9.30. The van der Waals surface area contributed by atoms with E-state index in [2.05, 4.69) is 20.6 Å². The lowest BCUT2D eigenvalue weighted by Gasteiger charge is -2.32. The molecule has 0 N–H and O–H groups in total. The zero-order chi connectivity index (χ0) is 18.6. The molecule has 2 aliphatic rings. The molecule has 2 aromatic heterocycles. The van der Waals surface area contributed by atoms with Crippen LogP contribution in [0.3, 0.4) is 0 Å². The molecule has 0 aromatic carbocycles. The normalized spacial score (nSPS) is 18.0. The van der Waals surface area contributed by atoms with Gasteiger partial charge >= 0.3 is 6.09 Å². The van der Waals surface area contributed by atoms with Crippen molar-refractivity contribution in [1.82, 2.24) is 24.3 Å². The molecule has 0 radical (unpaired) electrons. The fraction of sp³-hybridized carbons (Fsp3) is 0.474. The van der Waals surface area contributed by atoms with Crippen molar-refractivity contribution in [3.8, 4) is 0 Å². The van der Waals surface area contributed by atoms with Crippen LogP contribution >= 0.6 is 0 Å². The van der Waals surface area contributed by atoms with Gasteiger partial charge in [-0.05, 0) is 24.5 Å². The van der Waals surface area contributed by atoms with E-state index in [0.29, 0.717) is 32.2 Å². The monoisotopic (exact) mass is 369 g/mol. The summed E-state index contributed by atoms with van der Waals surface area (Å²) in [5.74, 6) is 1.39.